The molecule has 1 heterocycles. The fourth-order valence-electron chi connectivity index (χ4n) is 1.11. The molecule has 94 valence electrons. The molecule has 0 radical (unpaired) electrons. The van der Waals surface area contributed by atoms with Gasteiger partial charge in [-0.1, -0.05) is 0 Å². The lowest BCUT2D eigenvalue weighted by atomic mass is 10.3. The number of pyridine rings is 1. The number of nitrogens with two attached hydrogens (primary N) is 1. The first-order valence-electron chi connectivity index (χ1n) is 4.85. The van der Waals surface area contributed by atoms with Gasteiger partial charge in [0, 0.05) is 26.1 Å². The molecule has 0 saturated heterocycles. The van der Waals surface area contributed by atoms with E-state index in [1.54, 1.807) is 0 Å². The number of nitrogens with zero attached hydrogens (tertiary/aromatic N) is 1. The maximum atomic E-state index is 13.2. The second kappa shape index (κ2) is 5.94. The first-order valence-corrected chi connectivity index (χ1v) is 4.85. The van der Waals surface area contributed by atoms with E-state index in [9.17, 15) is 13.6 Å². The maximum absolute atomic E-state index is 13.2. The van der Waals surface area contributed by atoms with Crippen molar-refractivity contribution < 1.29 is 13.6 Å². The summed E-state index contributed by atoms with van der Waals surface area (Å²) in [7, 11) is 1.50. The number of rotatable bonds is 5. The molecule has 8 heteroatoms. The number of carbonyl (C=O) groups excluding carboxylic acids is 1. The Kier molecular flexibility index (Phi) is 4.58. The highest BCUT2D eigenvalue weighted by molar-refractivity contribution is 5.76. The van der Waals surface area contributed by atoms with Gasteiger partial charge < -0.3 is 16.1 Å². The molecule has 1 aromatic heterocycles. The molecular weight excluding hydrogens is 232 g/mol. The zero-order valence-corrected chi connectivity index (χ0v) is 9.18. The topological polar surface area (TPSA) is 92.1 Å². The molecule has 0 fully saturated rings. The van der Waals surface area contributed by atoms with Gasteiger partial charge in [-0.15, -0.1) is 0 Å². The van der Waals surface area contributed by atoms with Crippen LogP contribution in [0.4, 0.5) is 20.4 Å². The van der Waals surface area contributed by atoms with Crippen molar-refractivity contribution in [1.82, 2.24) is 10.3 Å². The fourth-order valence-corrected chi connectivity index (χ4v) is 1.11. The van der Waals surface area contributed by atoms with E-state index >= 15 is 0 Å². The van der Waals surface area contributed by atoms with E-state index in [1.165, 1.54) is 7.05 Å². The Labute approximate surface area is 96.6 Å². The van der Waals surface area contributed by atoms with E-state index in [1.807, 2.05) is 5.43 Å². The minimum Gasteiger partial charge on any atom is -0.367 e. The van der Waals surface area contributed by atoms with E-state index in [2.05, 4.69) is 15.6 Å². The molecule has 1 amide bonds. The molecular formula is C9H13F2N5O. The molecule has 0 saturated carbocycles. The Hall–Kier alpha value is -1.96. The summed E-state index contributed by atoms with van der Waals surface area (Å²) in [4.78, 5) is 14.5. The molecule has 0 atom stereocenters. The van der Waals surface area contributed by atoms with Crippen LogP contribution in [0.1, 0.15) is 6.42 Å². The number of nitrogen functional groups attached to an aromatic ring is 1. The van der Waals surface area contributed by atoms with Gasteiger partial charge in [0.25, 0.3) is 0 Å². The quantitative estimate of drug-likeness (QED) is 0.439. The van der Waals surface area contributed by atoms with Crippen LogP contribution in [-0.4, -0.2) is 24.5 Å². The Morgan fingerprint density at radius 3 is 2.65 bits per heavy atom. The van der Waals surface area contributed by atoms with Crippen molar-refractivity contribution in [3.8, 4) is 0 Å². The zero-order valence-electron chi connectivity index (χ0n) is 9.18. The van der Waals surface area contributed by atoms with Crippen LogP contribution in [0.25, 0.3) is 0 Å². The van der Waals surface area contributed by atoms with Crippen LogP contribution in [0, 0.1) is 11.6 Å². The first-order chi connectivity index (χ1) is 8.08. The predicted molar refractivity (Wildman–Crippen MR) is 59.1 cm³/mol. The third-order valence-electron chi connectivity index (χ3n) is 1.99. The summed E-state index contributed by atoms with van der Waals surface area (Å²) in [5.74, 6) is 2.64. The summed E-state index contributed by atoms with van der Waals surface area (Å²) in [6.45, 7) is 0.180. The molecule has 1 rings (SSSR count). The third-order valence-corrected chi connectivity index (χ3v) is 1.99. The molecule has 17 heavy (non-hydrogen) atoms. The highest BCUT2D eigenvalue weighted by Gasteiger charge is 2.10. The van der Waals surface area contributed by atoms with Crippen molar-refractivity contribution in [2.75, 3.05) is 24.3 Å². The summed E-state index contributed by atoms with van der Waals surface area (Å²) >= 11 is 0. The SMILES string of the molecule is CNC(=O)CCNc1nc(NN)c(F)cc1F. The lowest BCUT2D eigenvalue weighted by Gasteiger charge is -2.08. The number of hydrogen-bond acceptors (Lipinski definition) is 5. The van der Waals surface area contributed by atoms with Crippen LogP contribution in [0.15, 0.2) is 6.07 Å². The van der Waals surface area contributed by atoms with Gasteiger partial charge in [0.15, 0.2) is 23.3 Å². The molecule has 0 aliphatic carbocycles. The summed E-state index contributed by atoms with van der Waals surface area (Å²) in [6, 6.07) is 0.657. The van der Waals surface area contributed by atoms with E-state index < -0.39 is 11.6 Å². The summed E-state index contributed by atoms with van der Waals surface area (Å²) in [5.41, 5.74) is 2.00. The van der Waals surface area contributed by atoms with E-state index in [0.717, 1.165) is 0 Å². The Bertz CT molecular complexity index is 413. The van der Waals surface area contributed by atoms with Gasteiger partial charge in [0.05, 0.1) is 0 Å². The number of halogens is 2. The second-order valence-corrected chi connectivity index (χ2v) is 3.14. The predicted octanol–water partition coefficient (Wildman–Crippen LogP) is 0.193. The molecule has 0 aromatic carbocycles. The van der Waals surface area contributed by atoms with Crippen molar-refractivity contribution in [1.29, 1.82) is 0 Å². The second-order valence-electron chi connectivity index (χ2n) is 3.14. The van der Waals surface area contributed by atoms with E-state index in [4.69, 9.17) is 5.84 Å². The Morgan fingerprint density at radius 2 is 2.06 bits per heavy atom. The third kappa shape index (κ3) is 3.52. The highest BCUT2D eigenvalue weighted by atomic mass is 19.1. The number of hydrogen-bond donors (Lipinski definition) is 4. The number of carbonyl (C=O) groups is 1. The lowest BCUT2D eigenvalue weighted by Crippen LogP contribution is -2.21. The van der Waals surface area contributed by atoms with Crippen LogP contribution >= 0.6 is 0 Å². The number of anilines is 2. The van der Waals surface area contributed by atoms with E-state index in [-0.39, 0.29) is 30.5 Å². The average Bonchev–Trinajstić information content (AvgIpc) is 2.31. The molecule has 0 aliphatic rings. The molecule has 0 bridgehead atoms. The van der Waals surface area contributed by atoms with Crippen LogP contribution < -0.4 is 21.9 Å². The van der Waals surface area contributed by atoms with Crippen molar-refractivity contribution in [3.63, 3.8) is 0 Å². The van der Waals surface area contributed by atoms with Crippen LogP contribution in [0.2, 0.25) is 0 Å². The van der Waals surface area contributed by atoms with Gasteiger partial charge in [-0.3, -0.25) is 4.79 Å². The molecule has 6 nitrogen and oxygen atoms in total. The van der Waals surface area contributed by atoms with Crippen molar-refractivity contribution in [2.24, 2.45) is 5.84 Å². The molecule has 0 unspecified atom stereocenters. The van der Waals surface area contributed by atoms with Gasteiger partial charge in [-0.25, -0.2) is 19.6 Å². The van der Waals surface area contributed by atoms with Crippen molar-refractivity contribution >= 4 is 17.5 Å². The van der Waals surface area contributed by atoms with Crippen LogP contribution in [-0.2, 0) is 4.79 Å². The minimum atomic E-state index is -0.887. The van der Waals surface area contributed by atoms with Crippen LogP contribution in [0.5, 0.6) is 0 Å². The van der Waals surface area contributed by atoms with Gasteiger partial charge in [-0.2, -0.15) is 0 Å². The number of aromatic nitrogens is 1. The summed E-state index contributed by atoms with van der Waals surface area (Å²) in [6.07, 6.45) is 0.153. The lowest BCUT2D eigenvalue weighted by molar-refractivity contribution is -0.120. The van der Waals surface area contributed by atoms with Gasteiger partial charge in [0.2, 0.25) is 5.91 Å². The summed E-state index contributed by atoms with van der Waals surface area (Å²) in [5, 5.41) is 4.98. The number of amides is 1. The molecule has 0 spiro atoms. The number of hydrazine groups is 1. The standard InChI is InChI=1S/C9H13F2N5O/c1-13-7(17)2-3-14-8-5(10)4-6(11)9(15-8)16-12/h4H,2-3,12H2,1H3,(H,13,17)(H2,14,15,16). The van der Waals surface area contributed by atoms with Gasteiger partial charge >= 0.3 is 0 Å². The van der Waals surface area contributed by atoms with Gasteiger partial charge in [-0.05, 0) is 0 Å². The van der Waals surface area contributed by atoms with Gasteiger partial charge in [0.1, 0.15) is 0 Å². The fraction of sp³-hybridized carbons (Fsp3) is 0.333. The maximum Gasteiger partial charge on any atom is 0.221 e. The Balaban J connectivity index is 2.67. The first kappa shape index (κ1) is 13.1. The zero-order chi connectivity index (χ0) is 12.8. The van der Waals surface area contributed by atoms with Crippen molar-refractivity contribution in [2.45, 2.75) is 6.42 Å². The molecule has 0 aliphatic heterocycles. The molecule has 1 aromatic rings. The highest BCUT2D eigenvalue weighted by Crippen LogP contribution is 2.17. The smallest absolute Gasteiger partial charge is 0.221 e. The van der Waals surface area contributed by atoms with Crippen LogP contribution in [0.3, 0.4) is 0 Å². The van der Waals surface area contributed by atoms with E-state index in [0.29, 0.717) is 6.07 Å². The number of nitrogens with one attached hydrogen (secondary N) is 3. The Morgan fingerprint density at radius 1 is 1.41 bits per heavy atom. The summed E-state index contributed by atoms with van der Waals surface area (Å²) < 4.78 is 26.2. The minimum absolute atomic E-state index is 0.153. The normalized spacial score (nSPS) is 9.88. The monoisotopic (exact) mass is 245 g/mol. The average molecular weight is 245 g/mol. The largest absolute Gasteiger partial charge is 0.367 e. The molecule has 5 N–H and O–H groups in total. The van der Waals surface area contributed by atoms with Crippen molar-refractivity contribution in [3.05, 3.63) is 17.7 Å².